The van der Waals surface area contributed by atoms with Crippen LogP contribution < -0.4 is 10.2 Å². The van der Waals surface area contributed by atoms with Crippen molar-refractivity contribution < 1.29 is 9.53 Å². The van der Waals surface area contributed by atoms with Crippen molar-refractivity contribution in [1.82, 2.24) is 4.98 Å². The molecule has 0 saturated carbocycles. The van der Waals surface area contributed by atoms with Crippen LogP contribution in [-0.2, 0) is 4.74 Å². The molecular formula is C18H19Cl2N3O2. The molecule has 1 aliphatic rings. The molecule has 0 radical (unpaired) electrons. The number of hydrogen-bond donors (Lipinski definition) is 1. The monoisotopic (exact) mass is 379 g/mol. The van der Waals surface area contributed by atoms with E-state index in [1.807, 2.05) is 19.9 Å². The third-order valence-electron chi connectivity index (χ3n) is 3.87. The highest BCUT2D eigenvalue weighted by molar-refractivity contribution is 6.35. The molecule has 25 heavy (non-hydrogen) atoms. The number of pyridine rings is 1. The van der Waals surface area contributed by atoms with Crippen LogP contribution in [0.15, 0.2) is 36.5 Å². The fraction of sp³-hybridized carbons (Fsp3) is 0.333. The van der Waals surface area contributed by atoms with Crippen molar-refractivity contribution in [3.8, 4) is 0 Å². The lowest BCUT2D eigenvalue weighted by molar-refractivity contribution is -0.00546. The Morgan fingerprint density at radius 1 is 1.16 bits per heavy atom. The van der Waals surface area contributed by atoms with Crippen molar-refractivity contribution in [1.29, 1.82) is 0 Å². The number of carbonyl (C=O) groups excluding carboxylic acids is 1. The van der Waals surface area contributed by atoms with Crippen LogP contribution in [0.25, 0.3) is 0 Å². The van der Waals surface area contributed by atoms with E-state index < -0.39 is 0 Å². The number of anilines is 2. The zero-order chi connectivity index (χ0) is 18.0. The fourth-order valence-corrected chi connectivity index (χ4v) is 3.43. The van der Waals surface area contributed by atoms with Crippen molar-refractivity contribution in [2.45, 2.75) is 26.1 Å². The quantitative estimate of drug-likeness (QED) is 0.865. The average Bonchev–Trinajstić information content (AvgIpc) is 2.53. The summed E-state index contributed by atoms with van der Waals surface area (Å²) in [4.78, 5) is 18.9. The molecule has 2 unspecified atom stereocenters. The predicted molar refractivity (Wildman–Crippen MR) is 101 cm³/mol. The Kier molecular flexibility index (Phi) is 5.47. The summed E-state index contributed by atoms with van der Waals surface area (Å²) < 4.78 is 5.73. The first-order valence-electron chi connectivity index (χ1n) is 8.04. The molecule has 0 bridgehead atoms. The van der Waals surface area contributed by atoms with Crippen LogP contribution in [0.5, 0.6) is 0 Å². The maximum Gasteiger partial charge on any atom is 0.257 e. The molecule has 1 aromatic carbocycles. The molecule has 3 rings (SSSR count). The summed E-state index contributed by atoms with van der Waals surface area (Å²) >= 11 is 11.9. The van der Waals surface area contributed by atoms with Gasteiger partial charge in [-0.25, -0.2) is 4.98 Å². The molecule has 2 aromatic rings. The third-order valence-corrected chi connectivity index (χ3v) is 4.31. The molecule has 2 atom stereocenters. The molecule has 2 heterocycles. The summed E-state index contributed by atoms with van der Waals surface area (Å²) in [7, 11) is 0. The van der Waals surface area contributed by atoms with E-state index in [1.165, 1.54) is 0 Å². The maximum absolute atomic E-state index is 12.4. The summed E-state index contributed by atoms with van der Waals surface area (Å²) in [6, 6.07) is 8.51. The molecular weight excluding hydrogens is 361 g/mol. The summed E-state index contributed by atoms with van der Waals surface area (Å²) in [5.41, 5.74) is 1.01. The SMILES string of the molecule is CC1CN(c2ccc(C(=O)Nc3cc(Cl)cc(Cl)c3)cn2)CC(C)O1. The molecule has 1 aromatic heterocycles. The molecule has 132 valence electrons. The zero-order valence-electron chi connectivity index (χ0n) is 14.0. The van der Waals surface area contributed by atoms with E-state index >= 15 is 0 Å². The molecule has 1 amide bonds. The van der Waals surface area contributed by atoms with Gasteiger partial charge in [-0.3, -0.25) is 4.79 Å². The first kappa shape index (κ1) is 18.0. The topological polar surface area (TPSA) is 54.5 Å². The minimum Gasteiger partial charge on any atom is -0.372 e. The standard InChI is InChI=1S/C18H19Cl2N3O2/c1-11-9-23(10-12(2)25-11)17-4-3-13(8-21-17)18(24)22-16-6-14(19)5-15(20)7-16/h3-8,11-12H,9-10H2,1-2H3,(H,22,24). The number of aromatic nitrogens is 1. The predicted octanol–water partition coefficient (Wildman–Crippen LogP) is 4.25. The second kappa shape index (κ2) is 7.60. The van der Waals surface area contributed by atoms with Crippen LogP contribution >= 0.6 is 23.2 Å². The number of nitrogens with one attached hydrogen (secondary N) is 1. The Morgan fingerprint density at radius 3 is 2.36 bits per heavy atom. The summed E-state index contributed by atoms with van der Waals surface area (Å²) in [5.74, 6) is 0.574. The Balaban J connectivity index is 1.70. The van der Waals surface area contributed by atoms with E-state index in [2.05, 4.69) is 15.2 Å². The van der Waals surface area contributed by atoms with E-state index in [0.29, 0.717) is 21.3 Å². The lowest BCUT2D eigenvalue weighted by Gasteiger charge is -2.36. The van der Waals surface area contributed by atoms with E-state index in [1.54, 1.807) is 30.5 Å². The van der Waals surface area contributed by atoms with Gasteiger partial charge in [0, 0.05) is 35.0 Å². The van der Waals surface area contributed by atoms with E-state index in [0.717, 1.165) is 18.9 Å². The first-order valence-corrected chi connectivity index (χ1v) is 8.80. The molecule has 5 nitrogen and oxygen atoms in total. The van der Waals surface area contributed by atoms with Gasteiger partial charge in [0.1, 0.15) is 5.82 Å². The third kappa shape index (κ3) is 4.63. The number of carbonyl (C=O) groups is 1. The molecule has 1 N–H and O–H groups in total. The van der Waals surface area contributed by atoms with Crippen LogP contribution in [-0.4, -0.2) is 36.2 Å². The highest BCUT2D eigenvalue weighted by Gasteiger charge is 2.23. The highest BCUT2D eigenvalue weighted by atomic mass is 35.5. The fourth-order valence-electron chi connectivity index (χ4n) is 2.90. The normalized spacial score (nSPS) is 20.4. The molecule has 0 aliphatic carbocycles. The van der Waals surface area contributed by atoms with Crippen LogP contribution in [0.2, 0.25) is 10.0 Å². The van der Waals surface area contributed by atoms with Gasteiger partial charge < -0.3 is 15.0 Å². The minimum absolute atomic E-state index is 0.154. The number of hydrogen-bond acceptors (Lipinski definition) is 4. The average molecular weight is 380 g/mol. The largest absolute Gasteiger partial charge is 0.372 e. The number of nitrogens with zero attached hydrogens (tertiary/aromatic N) is 2. The maximum atomic E-state index is 12.4. The zero-order valence-corrected chi connectivity index (χ0v) is 15.5. The number of halogens is 2. The first-order chi connectivity index (χ1) is 11.9. The van der Waals surface area contributed by atoms with Crippen molar-refractivity contribution in [2.75, 3.05) is 23.3 Å². The second-order valence-corrected chi connectivity index (χ2v) is 7.05. The van der Waals surface area contributed by atoms with E-state index in [4.69, 9.17) is 27.9 Å². The van der Waals surface area contributed by atoms with Crippen LogP contribution in [0.1, 0.15) is 24.2 Å². The Hall–Kier alpha value is -1.82. The van der Waals surface area contributed by atoms with Crippen molar-refractivity contribution in [3.63, 3.8) is 0 Å². The van der Waals surface area contributed by atoms with Crippen molar-refractivity contribution in [2.24, 2.45) is 0 Å². The Bertz CT molecular complexity index is 737. The molecule has 0 spiro atoms. The van der Waals surface area contributed by atoms with E-state index in [9.17, 15) is 4.79 Å². The van der Waals surface area contributed by atoms with Gasteiger partial charge in [0.25, 0.3) is 5.91 Å². The van der Waals surface area contributed by atoms with Crippen LogP contribution in [0.3, 0.4) is 0 Å². The summed E-state index contributed by atoms with van der Waals surface area (Å²) in [6.07, 6.45) is 1.88. The molecule has 1 saturated heterocycles. The minimum atomic E-state index is -0.263. The summed E-state index contributed by atoms with van der Waals surface area (Å²) in [5, 5.41) is 3.70. The lowest BCUT2D eigenvalue weighted by atomic mass is 10.2. The summed E-state index contributed by atoms with van der Waals surface area (Å²) in [6.45, 7) is 5.65. The van der Waals surface area contributed by atoms with Gasteiger partial charge in [-0.05, 0) is 44.2 Å². The highest BCUT2D eigenvalue weighted by Crippen LogP contribution is 2.23. The number of amides is 1. The smallest absolute Gasteiger partial charge is 0.257 e. The van der Waals surface area contributed by atoms with Crippen LogP contribution in [0, 0.1) is 0 Å². The van der Waals surface area contributed by atoms with Gasteiger partial charge >= 0.3 is 0 Å². The van der Waals surface area contributed by atoms with Gasteiger partial charge in [-0.15, -0.1) is 0 Å². The second-order valence-electron chi connectivity index (χ2n) is 6.18. The van der Waals surface area contributed by atoms with Crippen molar-refractivity contribution >= 4 is 40.6 Å². The number of ether oxygens (including phenoxy) is 1. The van der Waals surface area contributed by atoms with E-state index in [-0.39, 0.29) is 18.1 Å². The number of morpholine rings is 1. The van der Waals surface area contributed by atoms with Gasteiger partial charge in [0.05, 0.1) is 17.8 Å². The van der Waals surface area contributed by atoms with Gasteiger partial charge in [0.2, 0.25) is 0 Å². The van der Waals surface area contributed by atoms with Gasteiger partial charge in [-0.1, -0.05) is 23.2 Å². The molecule has 1 aliphatic heterocycles. The Morgan fingerprint density at radius 2 is 1.80 bits per heavy atom. The molecule has 7 heteroatoms. The van der Waals surface area contributed by atoms with Crippen molar-refractivity contribution in [3.05, 3.63) is 52.1 Å². The lowest BCUT2D eigenvalue weighted by Crippen LogP contribution is -2.45. The molecule has 1 fully saturated rings. The van der Waals surface area contributed by atoms with Crippen LogP contribution in [0.4, 0.5) is 11.5 Å². The Labute approximate surface area is 156 Å². The number of rotatable bonds is 3. The van der Waals surface area contributed by atoms with Gasteiger partial charge in [-0.2, -0.15) is 0 Å². The van der Waals surface area contributed by atoms with Gasteiger partial charge in [0.15, 0.2) is 0 Å². The number of benzene rings is 1.